The van der Waals surface area contributed by atoms with Crippen LogP contribution in [-0.2, 0) is 0 Å². The van der Waals surface area contributed by atoms with Gasteiger partial charge in [-0.2, -0.15) is 5.10 Å². The highest BCUT2D eigenvalue weighted by Crippen LogP contribution is 2.38. The normalized spacial score (nSPS) is 20.3. The molecule has 132 valence electrons. The third-order valence-electron chi connectivity index (χ3n) is 4.50. The average molecular weight is 334 g/mol. The number of nitrogens with zero attached hydrogens (tertiary/aromatic N) is 1. The summed E-state index contributed by atoms with van der Waals surface area (Å²) >= 11 is 0. The number of hydrogen-bond acceptors (Lipinski definition) is 5. The number of hydrazone groups is 1. The smallest absolute Gasteiger partial charge is 0.271 e. The molecule has 0 aromatic heterocycles. The van der Waals surface area contributed by atoms with Crippen molar-refractivity contribution in [3.8, 4) is 17.2 Å². The summed E-state index contributed by atoms with van der Waals surface area (Å²) in [7, 11) is 4.56. The van der Waals surface area contributed by atoms with Gasteiger partial charge in [0.2, 0.25) is 5.75 Å². The molecular formula is C18H26N2O4. The molecule has 1 amide bonds. The Hall–Kier alpha value is -2.24. The minimum atomic E-state index is -0.299. The number of amides is 1. The number of methoxy groups -OCH3 is 3. The first-order valence-electron chi connectivity index (χ1n) is 8.19. The van der Waals surface area contributed by atoms with Crippen molar-refractivity contribution in [1.29, 1.82) is 0 Å². The van der Waals surface area contributed by atoms with E-state index in [9.17, 15) is 4.79 Å². The van der Waals surface area contributed by atoms with E-state index in [4.69, 9.17) is 14.2 Å². The van der Waals surface area contributed by atoms with Gasteiger partial charge in [-0.15, -0.1) is 0 Å². The van der Waals surface area contributed by atoms with Crippen molar-refractivity contribution < 1.29 is 19.0 Å². The van der Waals surface area contributed by atoms with Crippen molar-refractivity contribution in [1.82, 2.24) is 5.43 Å². The Kier molecular flexibility index (Phi) is 6.06. The molecule has 24 heavy (non-hydrogen) atoms. The van der Waals surface area contributed by atoms with E-state index in [-0.39, 0.29) is 5.91 Å². The van der Waals surface area contributed by atoms with E-state index in [1.807, 2.05) is 0 Å². The third kappa shape index (κ3) is 3.80. The second-order valence-electron chi connectivity index (χ2n) is 6.12. The number of rotatable bonds is 5. The highest BCUT2D eigenvalue weighted by molar-refractivity contribution is 5.97. The van der Waals surface area contributed by atoms with Crippen LogP contribution in [0.3, 0.4) is 0 Å². The van der Waals surface area contributed by atoms with E-state index in [1.54, 1.807) is 12.1 Å². The average Bonchev–Trinajstić information content (AvgIpc) is 2.59. The maximum atomic E-state index is 12.5. The van der Waals surface area contributed by atoms with Gasteiger partial charge in [-0.25, -0.2) is 5.43 Å². The van der Waals surface area contributed by atoms with Crippen LogP contribution in [0.5, 0.6) is 17.2 Å². The zero-order valence-corrected chi connectivity index (χ0v) is 15.0. The Morgan fingerprint density at radius 2 is 1.58 bits per heavy atom. The molecule has 2 atom stereocenters. The minimum Gasteiger partial charge on any atom is -0.493 e. The maximum absolute atomic E-state index is 12.5. The Balaban J connectivity index is 2.23. The van der Waals surface area contributed by atoms with Crippen LogP contribution in [0.1, 0.15) is 43.5 Å². The predicted molar refractivity (Wildman–Crippen MR) is 93.2 cm³/mol. The summed E-state index contributed by atoms with van der Waals surface area (Å²) in [6.07, 6.45) is 3.44. The predicted octanol–water partition coefficient (Wildman–Crippen LogP) is 3.25. The van der Waals surface area contributed by atoms with E-state index in [2.05, 4.69) is 24.4 Å². The van der Waals surface area contributed by atoms with E-state index < -0.39 is 0 Å². The fourth-order valence-corrected chi connectivity index (χ4v) is 3.12. The van der Waals surface area contributed by atoms with Crippen LogP contribution in [0, 0.1) is 11.8 Å². The van der Waals surface area contributed by atoms with Gasteiger partial charge in [0, 0.05) is 11.3 Å². The molecular weight excluding hydrogens is 308 g/mol. The van der Waals surface area contributed by atoms with Crippen LogP contribution in [0.2, 0.25) is 0 Å². The number of nitrogens with one attached hydrogen (secondary N) is 1. The lowest BCUT2D eigenvalue weighted by Crippen LogP contribution is -2.29. The number of benzene rings is 1. The molecule has 6 nitrogen and oxygen atoms in total. The number of carbonyl (C=O) groups is 1. The maximum Gasteiger partial charge on any atom is 0.271 e. The second-order valence-corrected chi connectivity index (χ2v) is 6.12. The largest absolute Gasteiger partial charge is 0.493 e. The lowest BCUT2D eigenvalue weighted by Gasteiger charge is -2.26. The van der Waals surface area contributed by atoms with E-state index in [1.165, 1.54) is 27.8 Å². The fourth-order valence-electron chi connectivity index (χ4n) is 3.12. The Morgan fingerprint density at radius 1 is 1.04 bits per heavy atom. The summed E-state index contributed by atoms with van der Waals surface area (Å²) in [5.74, 6) is 1.83. The lowest BCUT2D eigenvalue weighted by atomic mass is 9.81. The molecule has 1 aliphatic rings. The second kappa shape index (κ2) is 8.04. The molecule has 1 aromatic carbocycles. The summed E-state index contributed by atoms with van der Waals surface area (Å²) in [6, 6.07) is 3.23. The molecule has 2 rings (SSSR count). The molecule has 1 saturated carbocycles. The van der Waals surface area contributed by atoms with Gasteiger partial charge < -0.3 is 14.2 Å². The van der Waals surface area contributed by atoms with Crippen LogP contribution < -0.4 is 19.6 Å². The summed E-state index contributed by atoms with van der Waals surface area (Å²) in [6.45, 7) is 4.31. The summed E-state index contributed by atoms with van der Waals surface area (Å²) in [4.78, 5) is 12.5. The van der Waals surface area contributed by atoms with Crippen molar-refractivity contribution in [2.45, 2.75) is 33.1 Å². The molecule has 6 heteroatoms. The molecule has 0 spiro atoms. The first-order valence-corrected chi connectivity index (χ1v) is 8.19. The van der Waals surface area contributed by atoms with Crippen molar-refractivity contribution in [2.75, 3.05) is 21.3 Å². The molecule has 1 aromatic rings. The summed E-state index contributed by atoms with van der Waals surface area (Å²) in [5.41, 5.74) is 4.13. The zero-order chi connectivity index (χ0) is 17.7. The van der Waals surface area contributed by atoms with E-state index in [0.717, 1.165) is 18.6 Å². The highest BCUT2D eigenvalue weighted by Gasteiger charge is 2.23. The minimum absolute atomic E-state index is 0.299. The number of carbonyl (C=O) groups excluding carboxylic acids is 1. The van der Waals surface area contributed by atoms with Gasteiger partial charge in [-0.3, -0.25) is 4.79 Å². The van der Waals surface area contributed by atoms with Gasteiger partial charge in [0.25, 0.3) is 5.91 Å². The molecule has 0 unspecified atom stereocenters. The third-order valence-corrected chi connectivity index (χ3v) is 4.50. The van der Waals surface area contributed by atoms with Crippen LogP contribution in [-0.4, -0.2) is 32.9 Å². The molecule has 1 aliphatic carbocycles. The quantitative estimate of drug-likeness (QED) is 0.839. The zero-order valence-electron chi connectivity index (χ0n) is 15.0. The molecule has 0 saturated heterocycles. The van der Waals surface area contributed by atoms with Crippen molar-refractivity contribution in [3.63, 3.8) is 0 Å². The fraction of sp³-hybridized carbons (Fsp3) is 0.556. The summed E-state index contributed by atoms with van der Waals surface area (Å²) < 4.78 is 15.8. The number of hydrogen-bond donors (Lipinski definition) is 1. The lowest BCUT2D eigenvalue weighted by molar-refractivity contribution is 0.0953. The Labute approximate surface area is 143 Å². The Morgan fingerprint density at radius 3 is 2.04 bits per heavy atom. The van der Waals surface area contributed by atoms with Gasteiger partial charge in [0.1, 0.15) is 0 Å². The van der Waals surface area contributed by atoms with E-state index in [0.29, 0.717) is 34.6 Å². The van der Waals surface area contributed by atoms with Gasteiger partial charge in [0.05, 0.1) is 21.3 Å². The van der Waals surface area contributed by atoms with Crippen molar-refractivity contribution in [2.24, 2.45) is 16.9 Å². The van der Waals surface area contributed by atoms with Crippen molar-refractivity contribution >= 4 is 11.6 Å². The van der Waals surface area contributed by atoms with E-state index >= 15 is 0 Å². The molecule has 1 N–H and O–H groups in total. The molecule has 0 bridgehead atoms. The standard InChI is InChI=1S/C18H26N2O4/c1-11-7-6-8-12(2)16(11)19-20-18(21)13-9-14(22-3)17(24-5)15(10-13)23-4/h9-12H,6-8H2,1-5H3,(H,20,21)/t11-,12-/m0/s1. The Bertz CT molecular complexity index is 590. The molecule has 1 fully saturated rings. The van der Waals surface area contributed by atoms with Gasteiger partial charge in [-0.05, 0) is 36.8 Å². The van der Waals surface area contributed by atoms with Crippen LogP contribution in [0.25, 0.3) is 0 Å². The molecule has 0 radical (unpaired) electrons. The SMILES string of the molecule is COc1cc(C(=O)NN=C2[C@@H](C)CCC[C@@H]2C)cc(OC)c1OC. The first-order chi connectivity index (χ1) is 11.5. The first kappa shape index (κ1) is 18.1. The number of ether oxygens (including phenoxy) is 3. The van der Waals surface area contributed by atoms with Crippen LogP contribution in [0.15, 0.2) is 17.2 Å². The van der Waals surface area contributed by atoms with Gasteiger partial charge in [0.15, 0.2) is 11.5 Å². The highest BCUT2D eigenvalue weighted by atomic mass is 16.5. The summed E-state index contributed by atoms with van der Waals surface area (Å²) in [5, 5.41) is 4.38. The molecule has 0 heterocycles. The topological polar surface area (TPSA) is 69.2 Å². The van der Waals surface area contributed by atoms with Crippen molar-refractivity contribution in [3.05, 3.63) is 17.7 Å². The van der Waals surface area contributed by atoms with Gasteiger partial charge >= 0.3 is 0 Å². The van der Waals surface area contributed by atoms with Crippen LogP contribution >= 0.6 is 0 Å². The molecule has 0 aliphatic heterocycles. The monoisotopic (exact) mass is 334 g/mol. The van der Waals surface area contributed by atoms with Gasteiger partial charge in [-0.1, -0.05) is 20.3 Å². The van der Waals surface area contributed by atoms with Crippen LogP contribution in [0.4, 0.5) is 0 Å².